The third kappa shape index (κ3) is 3.73. The summed E-state index contributed by atoms with van der Waals surface area (Å²) in [5.74, 6) is 0.808. The first kappa shape index (κ1) is 13.5. The van der Waals surface area contributed by atoms with Crippen LogP contribution in [0.4, 0.5) is 5.82 Å². The van der Waals surface area contributed by atoms with Crippen LogP contribution in [0.2, 0.25) is 0 Å². The topological polar surface area (TPSA) is 45.2 Å². The van der Waals surface area contributed by atoms with E-state index in [4.69, 9.17) is 0 Å². The van der Waals surface area contributed by atoms with Crippen LogP contribution in [0, 0.1) is 0 Å². The smallest absolute Gasteiger partial charge is 0.251 e. The van der Waals surface area contributed by atoms with E-state index in [1.807, 2.05) is 19.9 Å². The van der Waals surface area contributed by atoms with Gasteiger partial charge in [0.15, 0.2) is 0 Å². The van der Waals surface area contributed by atoms with Crippen molar-refractivity contribution in [1.82, 2.24) is 10.3 Å². The SMILES string of the molecule is CCN(CC)c1cc(C(=O)NC(C)C)ccn1. The lowest BCUT2D eigenvalue weighted by Gasteiger charge is -2.20. The maximum absolute atomic E-state index is 11.8. The summed E-state index contributed by atoms with van der Waals surface area (Å²) < 4.78 is 0. The summed E-state index contributed by atoms with van der Waals surface area (Å²) in [5, 5.41) is 2.88. The summed E-state index contributed by atoms with van der Waals surface area (Å²) >= 11 is 0. The van der Waals surface area contributed by atoms with Crippen molar-refractivity contribution in [3.05, 3.63) is 23.9 Å². The number of hydrogen-bond donors (Lipinski definition) is 1. The Morgan fingerprint density at radius 2 is 2.06 bits per heavy atom. The fourth-order valence-corrected chi connectivity index (χ4v) is 1.63. The van der Waals surface area contributed by atoms with Gasteiger partial charge >= 0.3 is 0 Å². The molecule has 0 unspecified atom stereocenters. The molecule has 1 amide bonds. The van der Waals surface area contributed by atoms with Gasteiger partial charge in [0.25, 0.3) is 5.91 Å². The second kappa shape index (κ2) is 6.23. The highest BCUT2D eigenvalue weighted by molar-refractivity contribution is 5.94. The lowest BCUT2D eigenvalue weighted by Crippen LogP contribution is -2.30. The number of hydrogen-bond acceptors (Lipinski definition) is 3. The Morgan fingerprint density at radius 3 is 2.59 bits per heavy atom. The highest BCUT2D eigenvalue weighted by Crippen LogP contribution is 2.12. The fourth-order valence-electron chi connectivity index (χ4n) is 1.63. The van der Waals surface area contributed by atoms with Gasteiger partial charge in [0.2, 0.25) is 0 Å². The molecular formula is C13H21N3O. The molecule has 0 bridgehead atoms. The molecule has 0 saturated carbocycles. The van der Waals surface area contributed by atoms with E-state index in [1.165, 1.54) is 0 Å². The Kier molecular flexibility index (Phi) is 4.94. The number of aromatic nitrogens is 1. The zero-order chi connectivity index (χ0) is 12.8. The minimum Gasteiger partial charge on any atom is -0.357 e. The van der Waals surface area contributed by atoms with E-state index in [9.17, 15) is 4.79 Å². The predicted molar refractivity (Wildman–Crippen MR) is 70.4 cm³/mol. The Hall–Kier alpha value is -1.58. The Labute approximate surface area is 103 Å². The summed E-state index contributed by atoms with van der Waals surface area (Å²) in [6.07, 6.45) is 1.68. The standard InChI is InChI=1S/C13H21N3O/c1-5-16(6-2)12-9-11(7-8-14-12)13(17)15-10(3)4/h7-10H,5-6H2,1-4H3,(H,15,17). The van der Waals surface area contributed by atoms with Gasteiger partial charge in [-0.1, -0.05) is 0 Å². The van der Waals surface area contributed by atoms with Crippen molar-refractivity contribution in [3.8, 4) is 0 Å². The minimum atomic E-state index is -0.0455. The third-order valence-corrected chi connectivity index (χ3v) is 2.51. The van der Waals surface area contributed by atoms with Gasteiger partial charge in [0, 0.05) is 30.9 Å². The van der Waals surface area contributed by atoms with Crippen molar-refractivity contribution >= 4 is 11.7 Å². The highest BCUT2D eigenvalue weighted by Gasteiger charge is 2.10. The quantitative estimate of drug-likeness (QED) is 0.849. The molecule has 0 aliphatic rings. The predicted octanol–water partition coefficient (Wildman–Crippen LogP) is 2.07. The number of pyridine rings is 1. The van der Waals surface area contributed by atoms with Gasteiger partial charge in [-0.3, -0.25) is 4.79 Å². The Balaban J connectivity index is 2.88. The number of anilines is 1. The van der Waals surface area contributed by atoms with E-state index < -0.39 is 0 Å². The van der Waals surface area contributed by atoms with Crippen LogP contribution in [-0.2, 0) is 0 Å². The molecule has 1 heterocycles. The first-order chi connectivity index (χ1) is 8.08. The van der Waals surface area contributed by atoms with Crippen LogP contribution in [-0.4, -0.2) is 30.0 Å². The second-order valence-electron chi connectivity index (χ2n) is 4.20. The van der Waals surface area contributed by atoms with Gasteiger partial charge in [-0.25, -0.2) is 4.98 Å². The molecule has 0 aromatic carbocycles. The van der Waals surface area contributed by atoms with E-state index >= 15 is 0 Å². The summed E-state index contributed by atoms with van der Waals surface area (Å²) in [4.78, 5) is 18.3. The molecule has 1 rings (SSSR count). The van der Waals surface area contributed by atoms with Crippen molar-refractivity contribution in [2.75, 3.05) is 18.0 Å². The van der Waals surface area contributed by atoms with Gasteiger partial charge in [-0.15, -0.1) is 0 Å². The van der Waals surface area contributed by atoms with Gasteiger partial charge in [0.1, 0.15) is 5.82 Å². The largest absolute Gasteiger partial charge is 0.357 e. The van der Waals surface area contributed by atoms with E-state index in [1.54, 1.807) is 12.3 Å². The highest BCUT2D eigenvalue weighted by atomic mass is 16.1. The Morgan fingerprint density at radius 1 is 1.41 bits per heavy atom. The van der Waals surface area contributed by atoms with Crippen LogP contribution in [0.5, 0.6) is 0 Å². The van der Waals surface area contributed by atoms with E-state index in [0.29, 0.717) is 5.56 Å². The number of nitrogens with zero attached hydrogens (tertiary/aromatic N) is 2. The number of carbonyl (C=O) groups excluding carboxylic acids is 1. The third-order valence-electron chi connectivity index (χ3n) is 2.51. The lowest BCUT2D eigenvalue weighted by molar-refractivity contribution is 0.0943. The maximum atomic E-state index is 11.8. The number of nitrogens with one attached hydrogen (secondary N) is 1. The molecule has 4 heteroatoms. The fraction of sp³-hybridized carbons (Fsp3) is 0.538. The molecule has 0 fully saturated rings. The molecule has 4 nitrogen and oxygen atoms in total. The first-order valence-electron chi connectivity index (χ1n) is 6.10. The molecule has 1 N–H and O–H groups in total. The number of amides is 1. The van der Waals surface area contributed by atoms with Crippen LogP contribution in [0.25, 0.3) is 0 Å². The van der Waals surface area contributed by atoms with Crippen LogP contribution < -0.4 is 10.2 Å². The van der Waals surface area contributed by atoms with Gasteiger partial charge in [0.05, 0.1) is 0 Å². The van der Waals surface area contributed by atoms with Crippen LogP contribution in [0.15, 0.2) is 18.3 Å². The van der Waals surface area contributed by atoms with Crippen molar-refractivity contribution in [2.45, 2.75) is 33.7 Å². The molecule has 17 heavy (non-hydrogen) atoms. The van der Waals surface area contributed by atoms with E-state index in [-0.39, 0.29) is 11.9 Å². The zero-order valence-electron chi connectivity index (χ0n) is 11.0. The monoisotopic (exact) mass is 235 g/mol. The Bertz CT molecular complexity index is 373. The van der Waals surface area contributed by atoms with Crippen LogP contribution in [0.3, 0.4) is 0 Å². The number of carbonyl (C=O) groups is 1. The maximum Gasteiger partial charge on any atom is 0.251 e. The normalized spacial score (nSPS) is 10.4. The minimum absolute atomic E-state index is 0.0455. The summed E-state index contributed by atoms with van der Waals surface area (Å²) in [5.41, 5.74) is 0.663. The molecule has 1 aromatic rings. The van der Waals surface area contributed by atoms with Crippen molar-refractivity contribution in [2.24, 2.45) is 0 Å². The molecule has 0 spiro atoms. The second-order valence-corrected chi connectivity index (χ2v) is 4.20. The first-order valence-corrected chi connectivity index (χ1v) is 6.10. The van der Waals surface area contributed by atoms with Crippen LogP contribution in [0.1, 0.15) is 38.1 Å². The summed E-state index contributed by atoms with van der Waals surface area (Å²) in [6, 6.07) is 3.72. The molecule has 0 atom stereocenters. The number of rotatable bonds is 5. The zero-order valence-corrected chi connectivity index (χ0v) is 11.0. The molecule has 0 radical (unpaired) electrons. The van der Waals surface area contributed by atoms with E-state index in [0.717, 1.165) is 18.9 Å². The summed E-state index contributed by atoms with van der Waals surface area (Å²) in [6.45, 7) is 9.82. The molecule has 0 saturated heterocycles. The van der Waals surface area contributed by atoms with Crippen LogP contribution >= 0.6 is 0 Å². The van der Waals surface area contributed by atoms with Gasteiger partial charge in [-0.2, -0.15) is 0 Å². The average molecular weight is 235 g/mol. The van der Waals surface area contributed by atoms with E-state index in [2.05, 4.69) is 29.0 Å². The van der Waals surface area contributed by atoms with Gasteiger partial charge < -0.3 is 10.2 Å². The van der Waals surface area contributed by atoms with Crippen molar-refractivity contribution in [3.63, 3.8) is 0 Å². The lowest BCUT2D eigenvalue weighted by atomic mass is 10.2. The molecule has 94 valence electrons. The van der Waals surface area contributed by atoms with Crippen molar-refractivity contribution in [1.29, 1.82) is 0 Å². The molecule has 1 aromatic heterocycles. The average Bonchev–Trinajstić information content (AvgIpc) is 2.30. The molecule has 0 aliphatic carbocycles. The van der Waals surface area contributed by atoms with Crippen molar-refractivity contribution < 1.29 is 4.79 Å². The molecular weight excluding hydrogens is 214 g/mol. The summed E-state index contributed by atoms with van der Waals surface area (Å²) in [7, 11) is 0. The van der Waals surface area contributed by atoms with Gasteiger partial charge in [-0.05, 0) is 39.8 Å². The molecule has 0 aliphatic heterocycles.